The van der Waals surface area contributed by atoms with Crippen molar-refractivity contribution in [3.05, 3.63) is 58.6 Å². The van der Waals surface area contributed by atoms with Crippen LogP contribution in [0.25, 0.3) is 22.4 Å². The number of rotatable bonds is 2. The van der Waals surface area contributed by atoms with Crippen molar-refractivity contribution in [1.29, 1.82) is 0 Å². The van der Waals surface area contributed by atoms with Crippen LogP contribution in [0.2, 0.25) is 0 Å². The maximum absolute atomic E-state index is 14.1. The summed E-state index contributed by atoms with van der Waals surface area (Å²) in [5.41, 5.74) is 6.52. The average Bonchev–Trinajstić information content (AvgIpc) is 2.81. The number of nitrogens with two attached hydrogens (primary N) is 1. The van der Waals surface area contributed by atoms with Gasteiger partial charge in [-0.15, -0.1) is 0 Å². The Hall–Kier alpha value is -2.21. The summed E-state index contributed by atoms with van der Waals surface area (Å²) in [6, 6.07) is 10.5. The maximum Gasteiger partial charge on any atom is 0.230 e. The van der Waals surface area contributed by atoms with Gasteiger partial charge < -0.3 is 10.3 Å². The first-order valence-corrected chi connectivity index (χ1v) is 6.83. The SMILES string of the molecule is Nc1onc(-c2c(F)cccc2Br)c1-c1ccccc1F. The van der Waals surface area contributed by atoms with Gasteiger partial charge in [0, 0.05) is 10.0 Å². The molecule has 1 aromatic heterocycles. The summed E-state index contributed by atoms with van der Waals surface area (Å²) in [6.07, 6.45) is 0. The monoisotopic (exact) mass is 350 g/mol. The van der Waals surface area contributed by atoms with Crippen LogP contribution in [-0.2, 0) is 0 Å². The molecule has 0 aliphatic rings. The molecule has 0 bridgehead atoms. The van der Waals surface area contributed by atoms with E-state index in [2.05, 4.69) is 21.1 Å². The Bertz CT molecular complexity index is 797. The second-order valence-electron chi connectivity index (χ2n) is 4.35. The van der Waals surface area contributed by atoms with E-state index in [-0.39, 0.29) is 28.3 Å². The van der Waals surface area contributed by atoms with E-state index in [1.807, 2.05) is 0 Å². The van der Waals surface area contributed by atoms with Crippen LogP contribution in [0, 0.1) is 11.6 Å². The molecule has 2 aromatic carbocycles. The standard InChI is InChI=1S/C15H9BrF2N2O/c16-9-5-3-7-11(18)13(9)14-12(15(19)21-20-14)8-4-1-2-6-10(8)17/h1-7H,19H2. The van der Waals surface area contributed by atoms with Crippen molar-refractivity contribution >= 4 is 21.8 Å². The molecule has 0 amide bonds. The zero-order chi connectivity index (χ0) is 15.0. The van der Waals surface area contributed by atoms with Gasteiger partial charge in [-0.05, 0) is 34.1 Å². The van der Waals surface area contributed by atoms with E-state index in [1.54, 1.807) is 24.3 Å². The highest BCUT2D eigenvalue weighted by Crippen LogP contribution is 2.40. The third kappa shape index (κ3) is 2.31. The van der Waals surface area contributed by atoms with Gasteiger partial charge in [-0.2, -0.15) is 0 Å². The van der Waals surface area contributed by atoms with Gasteiger partial charge in [-0.25, -0.2) is 8.78 Å². The summed E-state index contributed by atoms with van der Waals surface area (Å²) in [5.74, 6) is -1.05. The number of anilines is 1. The van der Waals surface area contributed by atoms with Crippen LogP contribution in [0.15, 0.2) is 51.5 Å². The fourth-order valence-corrected chi connectivity index (χ4v) is 2.65. The zero-order valence-corrected chi connectivity index (χ0v) is 12.2. The summed E-state index contributed by atoms with van der Waals surface area (Å²) in [6.45, 7) is 0. The zero-order valence-electron chi connectivity index (χ0n) is 10.6. The lowest BCUT2D eigenvalue weighted by Crippen LogP contribution is -1.93. The molecule has 106 valence electrons. The van der Waals surface area contributed by atoms with Gasteiger partial charge in [0.05, 0.1) is 11.1 Å². The minimum absolute atomic E-state index is 0.0646. The Morgan fingerprint density at radius 3 is 2.38 bits per heavy atom. The average molecular weight is 351 g/mol. The molecular formula is C15H9BrF2N2O. The number of benzene rings is 2. The highest BCUT2D eigenvalue weighted by Gasteiger charge is 2.23. The molecule has 0 unspecified atom stereocenters. The molecule has 0 radical (unpaired) electrons. The molecule has 0 aliphatic heterocycles. The van der Waals surface area contributed by atoms with Gasteiger partial charge in [0.2, 0.25) is 5.88 Å². The van der Waals surface area contributed by atoms with E-state index in [0.717, 1.165) is 0 Å². The number of aromatic nitrogens is 1. The molecule has 21 heavy (non-hydrogen) atoms. The van der Waals surface area contributed by atoms with Crippen molar-refractivity contribution in [2.24, 2.45) is 0 Å². The van der Waals surface area contributed by atoms with Crippen LogP contribution in [-0.4, -0.2) is 5.16 Å². The van der Waals surface area contributed by atoms with Gasteiger partial charge in [0.1, 0.15) is 17.3 Å². The van der Waals surface area contributed by atoms with Gasteiger partial charge >= 0.3 is 0 Å². The minimum atomic E-state index is -0.504. The molecule has 6 heteroatoms. The van der Waals surface area contributed by atoms with Gasteiger partial charge in [0.25, 0.3) is 0 Å². The summed E-state index contributed by atoms with van der Waals surface area (Å²) in [7, 11) is 0. The largest absolute Gasteiger partial charge is 0.367 e. The first kappa shape index (κ1) is 13.8. The molecule has 0 aliphatic carbocycles. The normalized spacial score (nSPS) is 10.8. The van der Waals surface area contributed by atoms with Crippen molar-refractivity contribution < 1.29 is 13.3 Å². The van der Waals surface area contributed by atoms with E-state index < -0.39 is 11.6 Å². The number of nitrogens with zero attached hydrogens (tertiary/aromatic N) is 1. The van der Waals surface area contributed by atoms with Crippen LogP contribution in [0.4, 0.5) is 14.7 Å². The molecule has 0 saturated carbocycles. The van der Waals surface area contributed by atoms with Crippen molar-refractivity contribution in [3.63, 3.8) is 0 Å². The van der Waals surface area contributed by atoms with Crippen LogP contribution < -0.4 is 5.73 Å². The lowest BCUT2D eigenvalue weighted by atomic mass is 10.0. The van der Waals surface area contributed by atoms with E-state index in [1.165, 1.54) is 18.2 Å². The lowest BCUT2D eigenvalue weighted by Gasteiger charge is -2.06. The Balaban J connectivity index is 2.31. The molecule has 0 spiro atoms. The third-order valence-electron chi connectivity index (χ3n) is 3.06. The Morgan fingerprint density at radius 1 is 0.952 bits per heavy atom. The highest BCUT2D eigenvalue weighted by molar-refractivity contribution is 9.10. The van der Waals surface area contributed by atoms with Crippen LogP contribution >= 0.6 is 15.9 Å². The molecule has 2 N–H and O–H groups in total. The number of nitrogen functional groups attached to an aromatic ring is 1. The van der Waals surface area contributed by atoms with Crippen LogP contribution in [0.1, 0.15) is 0 Å². The number of hydrogen-bond donors (Lipinski definition) is 1. The Kier molecular flexibility index (Phi) is 3.47. The van der Waals surface area contributed by atoms with Crippen molar-refractivity contribution in [2.45, 2.75) is 0 Å². The van der Waals surface area contributed by atoms with Gasteiger partial charge in [-0.1, -0.05) is 29.4 Å². The maximum atomic E-state index is 14.1. The molecule has 1 heterocycles. The molecular weight excluding hydrogens is 342 g/mol. The second kappa shape index (κ2) is 5.29. The number of hydrogen-bond acceptors (Lipinski definition) is 3. The van der Waals surface area contributed by atoms with E-state index in [0.29, 0.717) is 4.47 Å². The van der Waals surface area contributed by atoms with E-state index >= 15 is 0 Å². The fraction of sp³-hybridized carbons (Fsp3) is 0. The first-order valence-electron chi connectivity index (χ1n) is 6.04. The van der Waals surface area contributed by atoms with Gasteiger partial charge in [0.15, 0.2) is 0 Å². The van der Waals surface area contributed by atoms with E-state index in [4.69, 9.17) is 10.3 Å². The topological polar surface area (TPSA) is 52.0 Å². The predicted molar refractivity (Wildman–Crippen MR) is 79.4 cm³/mol. The molecule has 0 atom stereocenters. The summed E-state index contributed by atoms with van der Waals surface area (Å²) in [4.78, 5) is 0. The van der Waals surface area contributed by atoms with Crippen molar-refractivity contribution in [3.8, 4) is 22.4 Å². The third-order valence-corrected chi connectivity index (χ3v) is 3.72. The summed E-state index contributed by atoms with van der Waals surface area (Å²) >= 11 is 3.26. The van der Waals surface area contributed by atoms with Gasteiger partial charge in [-0.3, -0.25) is 0 Å². The smallest absolute Gasteiger partial charge is 0.230 e. The summed E-state index contributed by atoms with van der Waals surface area (Å²) in [5, 5.41) is 3.79. The van der Waals surface area contributed by atoms with Crippen molar-refractivity contribution in [2.75, 3.05) is 5.73 Å². The highest BCUT2D eigenvalue weighted by atomic mass is 79.9. The van der Waals surface area contributed by atoms with Crippen LogP contribution in [0.5, 0.6) is 0 Å². The predicted octanol–water partition coefficient (Wildman–Crippen LogP) is 4.63. The molecule has 0 saturated heterocycles. The van der Waals surface area contributed by atoms with Crippen molar-refractivity contribution in [1.82, 2.24) is 5.16 Å². The number of halogens is 3. The lowest BCUT2D eigenvalue weighted by molar-refractivity contribution is 0.439. The molecule has 3 aromatic rings. The van der Waals surface area contributed by atoms with E-state index in [9.17, 15) is 8.78 Å². The molecule has 3 nitrogen and oxygen atoms in total. The first-order chi connectivity index (χ1) is 10.1. The fourth-order valence-electron chi connectivity index (χ4n) is 2.12. The molecule has 0 fully saturated rings. The Morgan fingerprint density at radius 2 is 1.67 bits per heavy atom. The Labute approximate surface area is 127 Å². The summed E-state index contributed by atoms with van der Waals surface area (Å²) < 4.78 is 33.5. The second-order valence-corrected chi connectivity index (χ2v) is 5.20. The van der Waals surface area contributed by atoms with Crippen LogP contribution in [0.3, 0.4) is 0 Å². The quantitative estimate of drug-likeness (QED) is 0.732. The molecule has 3 rings (SSSR count). The minimum Gasteiger partial charge on any atom is -0.367 e.